The molecule has 32 heavy (non-hydrogen) atoms. The van der Waals surface area contributed by atoms with Crippen LogP contribution in [0, 0.1) is 0 Å². The number of nitrogens with zero attached hydrogens (tertiary/aromatic N) is 2. The fourth-order valence-corrected chi connectivity index (χ4v) is 5.27. The van der Waals surface area contributed by atoms with E-state index in [2.05, 4.69) is 74.4 Å². The highest BCUT2D eigenvalue weighted by molar-refractivity contribution is 9.10. The summed E-state index contributed by atoms with van der Waals surface area (Å²) in [5.74, 6) is 1.62. The minimum atomic E-state index is -0.894. The van der Waals surface area contributed by atoms with E-state index in [1.807, 2.05) is 0 Å². The van der Waals surface area contributed by atoms with Crippen molar-refractivity contribution in [2.75, 3.05) is 6.54 Å². The lowest BCUT2D eigenvalue weighted by Crippen LogP contribution is -2.29. The summed E-state index contributed by atoms with van der Waals surface area (Å²) in [6.07, 6.45) is 2.54. The van der Waals surface area contributed by atoms with Crippen LogP contribution in [0.25, 0.3) is 33.2 Å². The first-order chi connectivity index (χ1) is 15.6. The average molecular weight is 490 g/mol. The van der Waals surface area contributed by atoms with Gasteiger partial charge < -0.3 is 14.8 Å². The maximum absolute atomic E-state index is 11.5. The van der Waals surface area contributed by atoms with Crippen LogP contribution >= 0.6 is 15.9 Å². The van der Waals surface area contributed by atoms with Crippen molar-refractivity contribution in [2.45, 2.75) is 25.5 Å². The van der Waals surface area contributed by atoms with Crippen molar-refractivity contribution in [3.05, 3.63) is 70.6 Å². The van der Waals surface area contributed by atoms with Crippen molar-refractivity contribution in [3.8, 4) is 28.1 Å². The summed E-state index contributed by atoms with van der Waals surface area (Å²) in [5, 5.41) is 11.6. The van der Waals surface area contributed by atoms with E-state index in [1.165, 1.54) is 16.0 Å². The minimum Gasteiger partial charge on any atom is -0.488 e. The highest BCUT2D eigenvalue weighted by Crippen LogP contribution is 2.43. The molecule has 0 saturated carbocycles. The van der Waals surface area contributed by atoms with Crippen LogP contribution in [0.15, 0.2) is 59.2 Å². The molecule has 1 unspecified atom stereocenters. The standard InChI is InChI=1S/C25H20BrN3O3/c26-17-5-8-18-16(11-17)13-32-23-19-6-4-15(10-14(19)3-7-20(18)23)21-12-27-24(28-21)22-2-1-9-29(22)25(30)31/h3-8,10-12,22H,1-2,9,13H2,(H,27,28)(H,30,31). The van der Waals surface area contributed by atoms with Gasteiger partial charge in [-0.2, -0.15) is 0 Å². The number of amides is 1. The second-order valence-electron chi connectivity index (χ2n) is 8.28. The van der Waals surface area contributed by atoms with Crippen molar-refractivity contribution in [3.63, 3.8) is 0 Å². The van der Waals surface area contributed by atoms with Gasteiger partial charge in [-0.25, -0.2) is 9.78 Å². The predicted octanol–water partition coefficient (Wildman–Crippen LogP) is 6.37. The molecule has 2 aliphatic rings. The predicted molar refractivity (Wildman–Crippen MR) is 126 cm³/mol. The van der Waals surface area contributed by atoms with E-state index >= 15 is 0 Å². The smallest absolute Gasteiger partial charge is 0.407 e. The quantitative estimate of drug-likeness (QED) is 0.343. The Labute approximate surface area is 193 Å². The summed E-state index contributed by atoms with van der Waals surface area (Å²) in [5.41, 5.74) is 5.38. The van der Waals surface area contributed by atoms with Crippen LogP contribution in [0.1, 0.15) is 30.3 Å². The van der Waals surface area contributed by atoms with Gasteiger partial charge in [-0.05, 0) is 53.6 Å². The van der Waals surface area contributed by atoms with Gasteiger partial charge in [0.25, 0.3) is 0 Å². The van der Waals surface area contributed by atoms with E-state index in [4.69, 9.17) is 4.74 Å². The van der Waals surface area contributed by atoms with Crippen LogP contribution in [-0.2, 0) is 6.61 Å². The van der Waals surface area contributed by atoms with E-state index in [0.717, 1.165) is 50.7 Å². The van der Waals surface area contributed by atoms with E-state index in [9.17, 15) is 9.90 Å². The molecule has 3 heterocycles. The van der Waals surface area contributed by atoms with Gasteiger partial charge in [0.2, 0.25) is 0 Å². The number of rotatable bonds is 2. The number of imidazole rings is 1. The topological polar surface area (TPSA) is 78.4 Å². The molecule has 6 nitrogen and oxygen atoms in total. The van der Waals surface area contributed by atoms with Crippen molar-refractivity contribution in [1.82, 2.24) is 14.9 Å². The Bertz CT molecular complexity index is 1380. The first kappa shape index (κ1) is 19.4. The molecule has 7 heteroatoms. The summed E-state index contributed by atoms with van der Waals surface area (Å²) in [7, 11) is 0. The van der Waals surface area contributed by atoms with Gasteiger partial charge in [0.15, 0.2) is 0 Å². The number of ether oxygens (including phenoxy) is 1. The molecule has 0 aliphatic carbocycles. The van der Waals surface area contributed by atoms with Gasteiger partial charge >= 0.3 is 6.09 Å². The van der Waals surface area contributed by atoms with E-state index in [1.54, 1.807) is 6.20 Å². The van der Waals surface area contributed by atoms with Gasteiger partial charge in [-0.3, -0.25) is 4.90 Å². The van der Waals surface area contributed by atoms with Crippen LogP contribution in [0.2, 0.25) is 0 Å². The Morgan fingerprint density at radius 1 is 1.16 bits per heavy atom. The first-order valence-electron chi connectivity index (χ1n) is 10.6. The zero-order valence-corrected chi connectivity index (χ0v) is 18.7. The maximum Gasteiger partial charge on any atom is 0.407 e. The Morgan fingerprint density at radius 2 is 2.03 bits per heavy atom. The number of fused-ring (bicyclic) bond motifs is 5. The van der Waals surface area contributed by atoms with Crippen LogP contribution in [0.5, 0.6) is 5.75 Å². The van der Waals surface area contributed by atoms with E-state index in [0.29, 0.717) is 19.0 Å². The van der Waals surface area contributed by atoms with Gasteiger partial charge in [0.05, 0.1) is 17.9 Å². The Kier molecular flexibility index (Phi) is 4.47. The van der Waals surface area contributed by atoms with Crippen molar-refractivity contribution >= 4 is 32.8 Å². The fraction of sp³-hybridized carbons (Fsp3) is 0.200. The molecule has 1 saturated heterocycles. The van der Waals surface area contributed by atoms with Crippen LogP contribution in [0.4, 0.5) is 4.79 Å². The normalized spacial score (nSPS) is 17.2. The van der Waals surface area contributed by atoms with Gasteiger partial charge in [0, 0.05) is 27.5 Å². The molecule has 0 radical (unpaired) electrons. The summed E-state index contributed by atoms with van der Waals surface area (Å²) in [6, 6.07) is 16.6. The third kappa shape index (κ3) is 3.07. The largest absolute Gasteiger partial charge is 0.488 e. The zero-order valence-electron chi connectivity index (χ0n) is 17.1. The summed E-state index contributed by atoms with van der Waals surface area (Å²) in [4.78, 5) is 20.8. The lowest BCUT2D eigenvalue weighted by molar-refractivity contribution is 0.139. The third-order valence-corrected chi connectivity index (χ3v) is 6.91. The van der Waals surface area contributed by atoms with Gasteiger partial charge in [-0.15, -0.1) is 0 Å². The molecule has 3 aromatic carbocycles. The number of halogens is 1. The number of aromatic amines is 1. The molecule has 1 fully saturated rings. The molecule has 1 amide bonds. The molecule has 0 spiro atoms. The summed E-state index contributed by atoms with van der Waals surface area (Å²) < 4.78 is 7.22. The average Bonchev–Trinajstić information content (AvgIpc) is 3.47. The fourth-order valence-electron chi connectivity index (χ4n) is 4.86. The number of hydrogen-bond acceptors (Lipinski definition) is 3. The molecule has 2 aliphatic heterocycles. The molecular weight excluding hydrogens is 470 g/mol. The molecule has 1 aromatic heterocycles. The lowest BCUT2D eigenvalue weighted by Gasteiger charge is -2.22. The number of H-pyrrole nitrogens is 1. The van der Waals surface area contributed by atoms with Crippen LogP contribution < -0.4 is 4.74 Å². The summed E-state index contributed by atoms with van der Waals surface area (Å²) in [6.45, 7) is 1.10. The highest BCUT2D eigenvalue weighted by Gasteiger charge is 2.31. The molecule has 2 N–H and O–H groups in total. The van der Waals surface area contributed by atoms with E-state index in [-0.39, 0.29) is 6.04 Å². The zero-order chi connectivity index (χ0) is 21.8. The molecule has 4 aromatic rings. The third-order valence-electron chi connectivity index (χ3n) is 6.42. The van der Waals surface area contributed by atoms with Gasteiger partial charge in [-0.1, -0.05) is 40.2 Å². The second-order valence-corrected chi connectivity index (χ2v) is 9.20. The Balaban J connectivity index is 1.37. The summed E-state index contributed by atoms with van der Waals surface area (Å²) >= 11 is 3.54. The van der Waals surface area contributed by atoms with Gasteiger partial charge in [0.1, 0.15) is 18.2 Å². The maximum atomic E-state index is 11.5. The number of benzene rings is 3. The molecule has 0 bridgehead atoms. The van der Waals surface area contributed by atoms with Crippen molar-refractivity contribution in [1.29, 1.82) is 0 Å². The molecule has 160 valence electrons. The minimum absolute atomic E-state index is 0.206. The van der Waals surface area contributed by atoms with Crippen LogP contribution in [0.3, 0.4) is 0 Å². The number of carboxylic acid groups (broad SMARTS) is 1. The lowest BCUT2D eigenvalue weighted by atomic mass is 9.93. The second kappa shape index (κ2) is 7.38. The molecular formula is C25H20BrN3O3. The monoisotopic (exact) mass is 489 g/mol. The SMILES string of the molecule is O=C(O)N1CCCC1c1ncc(-c2ccc3c4c(ccc3c2)-c2ccc(Br)cc2CO4)[nH]1. The molecule has 6 rings (SSSR count). The van der Waals surface area contributed by atoms with Crippen LogP contribution in [-0.4, -0.2) is 32.6 Å². The number of aromatic nitrogens is 2. The number of likely N-dealkylation sites (tertiary alicyclic amines) is 1. The number of nitrogens with one attached hydrogen (secondary N) is 1. The number of hydrogen-bond donors (Lipinski definition) is 2. The Morgan fingerprint density at radius 3 is 2.91 bits per heavy atom. The number of carbonyl (C=O) groups is 1. The highest BCUT2D eigenvalue weighted by atomic mass is 79.9. The first-order valence-corrected chi connectivity index (χ1v) is 11.4. The van der Waals surface area contributed by atoms with E-state index < -0.39 is 6.09 Å². The van der Waals surface area contributed by atoms with Crippen molar-refractivity contribution < 1.29 is 14.6 Å². The molecule has 1 atom stereocenters. The Hall–Kier alpha value is -3.32. The van der Waals surface area contributed by atoms with Crippen molar-refractivity contribution in [2.24, 2.45) is 0 Å².